The third kappa shape index (κ3) is 2.48. The van der Waals surface area contributed by atoms with E-state index in [9.17, 15) is 14.0 Å². The normalized spacial score (nSPS) is 28.6. The molecule has 1 saturated heterocycles. The van der Waals surface area contributed by atoms with Gasteiger partial charge >= 0.3 is 0 Å². The molecule has 2 heterocycles. The van der Waals surface area contributed by atoms with Crippen LogP contribution in [0.2, 0.25) is 0 Å². The predicted octanol–water partition coefficient (Wildman–Crippen LogP) is 0.972. The summed E-state index contributed by atoms with van der Waals surface area (Å²) in [6.07, 6.45) is 3.41. The van der Waals surface area contributed by atoms with Crippen LogP contribution in [0.15, 0.2) is 12.1 Å². The van der Waals surface area contributed by atoms with Crippen molar-refractivity contribution in [1.29, 1.82) is 0 Å². The number of benzene rings is 1. The summed E-state index contributed by atoms with van der Waals surface area (Å²) in [5, 5.41) is 11.9. The van der Waals surface area contributed by atoms with Gasteiger partial charge in [0, 0.05) is 31.1 Å². The lowest BCUT2D eigenvalue weighted by Gasteiger charge is -2.37. The van der Waals surface area contributed by atoms with Crippen LogP contribution in [0.3, 0.4) is 0 Å². The number of halogens is 1. The van der Waals surface area contributed by atoms with Crippen LogP contribution in [0, 0.1) is 11.7 Å². The Hall–Kier alpha value is -1.99. The first-order valence-electron chi connectivity index (χ1n) is 8.30. The molecule has 24 heavy (non-hydrogen) atoms. The lowest BCUT2D eigenvalue weighted by atomic mass is 9.93. The highest BCUT2D eigenvalue weighted by atomic mass is 19.1. The fourth-order valence-electron chi connectivity index (χ4n) is 4.47. The molecule has 2 amide bonds. The van der Waals surface area contributed by atoms with E-state index in [0.29, 0.717) is 18.5 Å². The molecule has 2 fully saturated rings. The predicted molar refractivity (Wildman–Crippen MR) is 82.8 cm³/mol. The fourth-order valence-corrected chi connectivity index (χ4v) is 4.47. The van der Waals surface area contributed by atoms with Crippen molar-refractivity contribution >= 4 is 11.8 Å². The van der Waals surface area contributed by atoms with Crippen molar-refractivity contribution in [3.05, 3.63) is 34.6 Å². The molecule has 2 bridgehead atoms. The number of carbonyl (C=O) groups is 2. The van der Waals surface area contributed by atoms with E-state index in [0.717, 1.165) is 44.0 Å². The highest BCUT2D eigenvalue weighted by molar-refractivity contribution is 5.93. The number of hydrogen-bond donors (Lipinski definition) is 3. The number of amides is 2. The lowest BCUT2D eigenvalue weighted by molar-refractivity contribution is -0.124. The van der Waals surface area contributed by atoms with E-state index in [2.05, 4.69) is 10.2 Å². The number of hydroxylamine groups is 1. The second-order valence-corrected chi connectivity index (χ2v) is 7.21. The van der Waals surface area contributed by atoms with E-state index in [-0.39, 0.29) is 22.9 Å². The Balaban J connectivity index is 1.54. The first kappa shape index (κ1) is 15.5. The van der Waals surface area contributed by atoms with Gasteiger partial charge in [0.05, 0.1) is 5.54 Å². The van der Waals surface area contributed by atoms with Crippen molar-refractivity contribution in [3.63, 3.8) is 0 Å². The van der Waals surface area contributed by atoms with E-state index < -0.39 is 11.7 Å². The maximum absolute atomic E-state index is 14.2. The zero-order chi connectivity index (χ0) is 16.9. The van der Waals surface area contributed by atoms with Crippen molar-refractivity contribution in [1.82, 2.24) is 15.7 Å². The van der Waals surface area contributed by atoms with Crippen molar-refractivity contribution < 1.29 is 19.2 Å². The van der Waals surface area contributed by atoms with Crippen molar-refractivity contribution in [3.8, 4) is 0 Å². The zero-order valence-corrected chi connectivity index (χ0v) is 13.3. The molecule has 3 N–H and O–H groups in total. The molecule has 0 spiro atoms. The molecule has 6 nitrogen and oxygen atoms in total. The Bertz CT molecular complexity index is 723. The van der Waals surface area contributed by atoms with Gasteiger partial charge in [-0.1, -0.05) is 0 Å². The van der Waals surface area contributed by atoms with Crippen LogP contribution >= 0.6 is 0 Å². The van der Waals surface area contributed by atoms with E-state index in [1.165, 1.54) is 0 Å². The largest absolute Gasteiger partial charge is 0.349 e. The van der Waals surface area contributed by atoms with Crippen molar-refractivity contribution in [2.75, 3.05) is 13.1 Å². The molecule has 128 valence electrons. The minimum atomic E-state index is -0.714. The number of carbonyl (C=O) groups excluding carboxylic acids is 2. The highest BCUT2D eigenvalue weighted by Crippen LogP contribution is 2.41. The number of nitrogens with zero attached hydrogens (tertiary/aromatic N) is 1. The molecule has 0 aromatic heterocycles. The third-order valence-electron chi connectivity index (χ3n) is 5.62. The van der Waals surface area contributed by atoms with Gasteiger partial charge in [-0.15, -0.1) is 0 Å². The Morgan fingerprint density at radius 3 is 3.00 bits per heavy atom. The quantitative estimate of drug-likeness (QED) is 0.569. The van der Waals surface area contributed by atoms with Crippen LogP contribution in [0.1, 0.15) is 40.7 Å². The number of rotatable bonds is 3. The topological polar surface area (TPSA) is 81.7 Å². The summed E-state index contributed by atoms with van der Waals surface area (Å²) in [6, 6.07) is 2.80. The van der Waals surface area contributed by atoms with Crippen molar-refractivity contribution in [2.24, 2.45) is 5.92 Å². The molecule has 1 aromatic carbocycles. The summed E-state index contributed by atoms with van der Waals surface area (Å²) in [6.45, 7) is 2.03. The summed E-state index contributed by atoms with van der Waals surface area (Å²) in [5.74, 6) is -0.806. The Kier molecular flexibility index (Phi) is 3.58. The molecule has 2 aliphatic heterocycles. The standard InChI is InChI=1S/C17H20FN3O3/c18-14-6-11(16(23)20-24)5-12-8-21(4-2-13(12)14)9-17-3-1-10(7-17)15(22)19-17/h5-6,10,24H,1-4,7-9H2,(H,19,22)(H,20,23). The molecule has 1 aliphatic carbocycles. The Morgan fingerprint density at radius 2 is 2.33 bits per heavy atom. The average molecular weight is 333 g/mol. The van der Waals surface area contributed by atoms with Crippen LogP contribution in [0.4, 0.5) is 4.39 Å². The van der Waals surface area contributed by atoms with Crippen LogP contribution in [0.25, 0.3) is 0 Å². The van der Waals surface area contributed by atoms with Gasteiger partial charge in [0.25, 0.3) is 5.91 Å². The van der Waals surface area contributed by atoms with Gasteiger partial charge in [0.1, 0.15) is 5.82 Å². The molecule has 1 aromatic rings. The van der Waals surface area contributed by atoms with Gasteiger partial charge in [-0.2, -0.15) is 0 Å². The Labute approximate surface area is 139 Å². The van der Waals surface area contributed by atoms with Crippen LogP contribution in [-0.4, -0.2) is 40.5 Å². The molecule has 7 heteroatoms. The molecule has 4 rings (SSSR count). The molecular weight excluding hydrogens is 313 g/mol. The van der Waals surface area contributed by atoms with Gasteiger partial charge in [-0.3, -0.25) is 19.7 Å². The van der Waals surface area contributed by atoms with Crippen LogP contribution in [-0.2, 0) is 17.8 Å². The van der Waals surface area contributed by atoms with Gasteiger partial charge < -0.3 is 5.32 Å². The second kappa shape index (κ2) is 5.53. The van der Waals surface area contributed by atoms with E-state index in [4.69, 9.17) is 5.21 Å². The van der Waals surface area contributed by atoms with Crippen LogP contribution in [0.5, 0.6) is 0 Å². The van der Waals surface area contributed by atoms with Crippen molar-refractivity contribution in [2.45, 2.75) is 37.8 Å². The molecule has 0 radical (unpaired) electrons. The maximum atomic E-state index is 14.2. The summed E-state index contributed by atoms with van der Waals surface area (Å²) in [4.78, 5) is 25.6. The lowest BCUT2D eigenvalue weighted by Crippen LogP contribution is -2.52. The van der Waals surface area contributed by atoms with E-state index in [1.54, 1.807) is 11.5 Å². The SMILES string of the molecule is O=C(NO)c1cc(F)c2c(c1)CN(CC13CCC(C1)C(=O)N3)CC2. The summed E-state index contributed by atoms with van der Waals surface area (Å²) >= 11 is 0. The number of fused-ring (bicyclic) bond motifs is 3. The fraction of sp³-hybridized carbons (Fsp3) is 0.529. The molecular formula is C17H20FN3O3. The molecule has 2 atom stereocenters. The first-order chi connectivity index (χ1) is 11.5. The summed E-state index contributed by atoms with van der Waals surface area (Å²) < 4.78 is 14.2. The minimum Gasteiger partial charge on any atom is -0.349 e. The molecule has 2 unspecified atom stereocenters. The second-order valence-electron chi connectivity index (χ2n) is 7.21. The van der Waals surface area contributed by atoms with E-state index in [1.807, 2.05) is 0 Å². The molecule has 3 aliphatic rings. The van der Waals surface area contributed by atoms with Gasteiger partial charge in [-0.05, 0) is 48.9 Å². The number of hydrogen-bond acceptors (Lipinski definition) is 4. The molecule has 1 saturated carbocycles. The monoisotopic (exact) mass is 333 g/mol. The summed E-state index contributed by atoms with van der Waals surface area (Å²) in [7, 11) is 0. The van der Waals surface area contributed by atoms with Gasteiger partial charge in [-0.25, -0.2) is 9.87 Å². The Morgan fingerprint density at radius 1 is 1.50 bits per heavy atom. The average Bonchev–Trinajstić information content (AvgIpc) is 3.10. The number of piperidine rings is 1. The van der Waals surface area contributed by atoms with E-state index >= 15 is 0 Å². The highest BCUT2D eigenvalue weighted by Gasteiger charge is 2.50. The van der Waals surface area contributed by atoms with Gasteiger partial charge in [0.2, 0.25) is 5.91 Å². The maximum Gasteiger partial charge on any atom is 0.274 e. The minimum absolute atomic E-state index is 0.115. The first-order valence-corrected chi connectivity index (χ1v) is 8.30. The summed E-state index contributed by atoms with van der Waals surface area (Å²) in [5.41, 5.74) is 2.93. The smallest absolute Gasteiger partial charge is 0.274 e. The van der Waals surface area contributed by atoms with Crippen LogP contribution < -0.4 is 10.8 Å². The zero-order valence-electron chi connectivity index (χ0n) is 13.3. The third-order valence-corrected chi connectivity index (χ3v) is 5.62. The number of nitrogens with one attached hydrogen (secondary N) is 2. The van der Waals surface area contributed by atoms with Gasteiger partial charge in [0.15, 0.2) is 0 Å².